The minimum absolute atomic E-state index is 0.0138. The van der Waals surface area contributed by atoms with Gasteiger partial charge in [0, 0.05) is 23.7 Å². The molecule has 9 heteroatoms. The van der Waals surface area contributed by atoms with Gasteiger partial charge in [-0.1, -0.05) is 35.9 Å². The maximum Gasteiger partial charge on any atom is 0.339 e. The predicted octanol–water partition coefficient (Wildman–Crippen LogP) is 2.94. The first-order valence-electron chi connectivity index (χ1n) is 7.97. The molecule has 144 valence electrons. The lowest BCUT2D eigenvalue weighted by atomic mass is 9.98. The molecule has 0 aromatic heterocycles. The second-order valence-electron chi connectivity index (χ2n) is 5.47. The highest BCUT2D eigenvalue weighted by atomic mass is 35.5. The largest absolute Gasteiger partial charge is 0.452 e. The third-order valence-electron chi connectivity index (χ3n) is 3.57. The molecular weight excluding hydrogens is 388 g/mol. The summed E-state index contributed by atoms with van der Waals surface area (Å²) in [6, 6.07) is 9.40. The lowest BCUT2D eigenvalue weighted by molar-refractivity contribution is -0.384. The number of esters is 1. The van der Waals surface area contributed by atoms with Crippen molar-refractivity contribution in [3.8, 4) is 0 Å². The normalized spacial score (nSPS) is 10.0. The fourth-order valence-corrected chi connectivity index (χ4v) is 2.44. The number of halogens is 1. The number of ether oxygens (including phenoxy) is 1. The molecule has 2 aromatic carbocycles. The van der Waals surface area contributed by atoms with E-state index in [-0.39, 0.29) is 28.3 Å². The van der Waals surface area contributed by atoms with Gasteiger partial charge in [-0.3, -0.25) is 19.7 Å². The van der Waals surface area contributed by atoms with Crippen molar-refractivity contribution in [1.29, 1.82) is 0 Å². The van der Waals surface area contributed by atoms with Crippen molar-refractivity contribution in [2.75, 3.05) is 13.2 Å². The van der Waals surface area contributed by atoms with E-state index < -0.39 is 34.9 Å². The summed E-state index contributed by atoms with van der Waals surface area (Å²) in [6.45, 7) is 3.14. The standard InChI is InChI=1S/C19H15ClN2O6/c1-2-9-21-17(23)11-28-19(25)14-6-4-3-5-13(14)18(24)12-7-8-15(20)16(10-12)22(26)27/h2-8,10H,1,9,11H2,(H,21,23). The summed E-state index contributed by atoms with van der Waals surface area (Å²) in [5.41, 5.74) is -0.524. The van der Waals surface area contributed by atoms with E-state index in [1.807, 2.05) is 0 Å². The Morgan fingerprint density at radius 2 is 1.86 bits per heavy atom. The number of ketones is 1. The van der Waals surface area contributed by atoms with E-state index >= 15 is 0 Å². The second kappa shape index (κ2) is 9.43. The van der Waals surface area contributed by atoms with E-state index in [2.05, 4.69) is 11.9 Å². The van der Waals surface area contributed by atoms with Gasteiger partial charge in [-0.05, 0) is 18.2 Å². The van der Waals surface area contributed by atoms with Gasteiger partial charge in [-0.15, -0.1) is 6.58 Å². The monoisotopic (exact) mass is 402 g/mol. The summed E-state index contributed by atoms with van der Waals surface area (Å²) in [5.74, 6) is -2.02. The van der Waals surface area contributed by atoms with Gasteiger partial charge < -0.3 is 10.1 Å². The molecule has 0 unspecified atom stereocenters. The van der Waals surface area contributed by atoms with E-state index in [9.17, 15) is 24.5 Å². The minimum atomic E-state index is -0.874. The Morgan fingerprint density at radius 1 is 1.18 bits per heavy atom. The van der Waals surface area contributed by atoms with Crippen molar-refractivity contribution >= 4 is 34.9 Å². The highest BCUT2D eigenvalue weighted by molar-refractivity contribution is 6.33. The van der Waals surface area contributed by atoms with Gasteiger partial charge in [0.15, 0.2) is 12.4 Å². The minimum Gasteiger partial charge on any atom is -0.452 e. The number of nitrogens with zero attached hydrogens (tertiary/aromatic N) is 1. The van der Waals surface area contributed by atoms with Gasteiger partial charge in [0.25, 0.3) is 11.6 Å². The van der Waals surface area contributed by atoms with E-state index in [0.717, 1.165) is 6.07 Å². The molecule has 0 spiro atoms. The van der Waals surface area contributed by atoms with Crippen LogP contribution in [0.4, 0.5) is 5.69 Å². The molecule has 2 aromatic rings. The van der Waals surface area contributed by atoms with Crippen molar-refractivity contribution in [2.24, 2.45) is 0 Å². The van der Waals surface area contributed by atoms with Gasteiger partial charge >= 0.3 is 5.97 Å². The summed E-state index contributed by atoms with van der Waals surface area (Å²) in [6.07, 6.45) is 1.47. The molecule has 0 saturated heterocycles. The number of nitro benzene ring substituents is 1. The number of carbonyl (C=O) groups is 3. The first kappa shape index (κ1) is 20.8. The molecular formula is C19H15ClN2O6. The fraction of sp³-hybridized carbons (Fsp3) is 0.105. The molecule has 28 heavy (non-hydrogen) atoms. The summed E-state index contributed by atoms with van der Waals surface area (Å²) in [7, 11) is 0. The smallest absolute Gasteiger partial charge is 0.339 e. The van der Waals surface area contributed by atoms with Crippen LogP contribution in [-0.2, 0) is 9.53 Å². The number of hydrogen-bond donors (Lipinski definition) is 1. The molecule has 1 amide bonds. The topological polar surface area (TPSA) is 116 Å². The van der Waals surface area contributed by atoms with Crippen LogP contribution in [0.1, 0.15) is 26.3 Å². The third-order valence-corrected chi connectivity index (χ3v) is 3.89. The molecule has 0 atom stereocenters. The molecule has 0 radical (unpaired) electrons. The molecule has 0 bridgehead atoms. The molecule has 0 aliphatic carbocycles. The van der Waals surface area contributed by atoms with Crippen LogP contribution < -0.4 is 5.32 Å². The van der Waals surface area contributed by atoms with Crippen LogP contribution in [-0.4, -0.2) is 35.7 Å². The van der Waals surface area contributed by atoms with E-state index in [1.165, 1.54) is 42.5 Å². The summed E-state index contributed by atoms with van der Waals surface area (Å²) >= 11 is 5.76. The van der Waals surface area contributed by atoms with Crippen LogP contribution in [0.5, 0.6) is 0 Å². The zero-order chi connectivity index (χ0) is 20.7. The van der Waals surface area contributed by atoms with Crippen molar-refractivity contribution < 1.29 is 24.0 Å². The number of carbonyl (C=O) groups excluding carboxylic acids is 3. The summed E-state index contributed by atoms with van der Waals surface area (Å²) in [4.78, 5) is 46.9. The number of nitrogens with one attached hydrogen (secondary N) is 1. The summed E-state index contributed by atoms with van der Waals surface area (Å²) < 4.78 is 4.93. The van der Waals surface area contributed by atoms with E-state index in [4.69, 9.17) is 16.3 Å². The number of rotatable bonds is 8. The maximum atomic E-state index is 12.8. The Hall–Kier alpha value is -3.52. The lowest BCUT2D eigenvalue weighted by Crippen LogP contribution is -2.29. The van der Waals surface area contributed by atoms with Crippen molar-refractivity contribution in [3.63, 3.8) is 0 Å². The Balaban J connectivity index is 2.26. The molecule has 0 fully saturated rings. The lowest BCUT2D eigenvalue weighted by Gasteiger charge is -2.09. The summed E-state index contributed by atoms with van der Waals surface area (Å²) in [5, 5.41) is 13.4. The molecule has 8 nitrogen and oxygen atoms in total. The average molecular weight is 403 g/mol. The quantitative estimate of drug-likeness (QED) is 0.238. The van der Waals surface area contributed by atoms with Gasteiger partial charge in [-0.2, -0.15) is 0 Å². The third kappa shape index (κ3) is 5.01. The molecule has 2 rings (SSSR count). The van der Waals surface area contributed by atoms with Crippen LogP contribution in [0.15, 0.2) is 55.1 Å². The first-order chi connectivity index (χ1) is 13.3. The Kier molecular flexibility index (Phi) is 7.00. The SMILES string of the molecule is C=CCNC(=O)COC(=O)c1ccccc1C(=O)c1ccc(Cl)c([N+](=O)[O-])c1. The van der Waals surface area contributed by atoms with E-state index in [0.29, 0.717) is 0 Å². The number of hydrogen-bond acceptors (Lipinski definition) is 6. The van der Waals surface area contributed by atoms with Gasteiger partial charge in [-0.25, -0.2) is 4.79 Å². The predicted molar refractivity (Wildman–Crippen MR) is 101 cm³/mol. The fourth-order valence-electron chi connectivity index (χ4n) is 2.25. The first-order valence-corrected chi connectivity index (χ1v) is 8.35. The number of amides is 1. The zero-order valence-corrected chi connectivity index (χ0v) is 15.3. The van der Waals surface area contributed by atoms with Crippen LogP contribution in [0, 0.1) is 10.1 Å². The van der Waals surface area contributed by atoms with Crippen molar-refractivity contribution in [1.82, 2.24) is 5.32 Å². The zero-order valence-electron chi connectivity index (χ0n) is 14.5. The van der Waals surface area contributed by atoms with Crippen LogP contribution in [0.25, 0.3) is 0 Å². The molecule has 0 aliphatic heterocycles. The van der Waals surface area contributed by atoms with Crippen molar-refractivity contribution in [2.45, 2.75) is 0 Å². The molecule has 0 heterocycles. The molecule has 1 N–H and O–H groups in total. The van der Waals surface area contributed by atoms with Gasteiger partial charge in [0.1, 0.15) is 5.02 Å². The number of benzene rings is 2. The van der Waals surface area contributed by atoms with Gasteiger partial charge in [0.2, 0.25) is 0 Å². The molecule has 0 aliphatic rings. The Morgan fingerprint density at radius 3 is 2.50 bits per heavy atom. The highest BCUT2D eigenvalue weighted by Gasteiger charge is 2.22. The van der Waals surface area contributed by atoms with Crippen molar-refractivity contribution in [3.05, 3.63) is 86.9 Å². The van der Waals surface area contributed by atoms with Crippen LogP contribution >= 0.6 is 11.6 Å². The maximum absolute atomic E-state index is 12.8. The number of nitro groups is 1. The van der Waals surface area contributed by atoms with E-state index in [1.54, 1.807) is 0 Å². The Bertz CT molecular complexity index is 957. The highest BCUT2D eigenvalue weighted by Crippen LogP contribution is 2.27. The van der Waals surface area contributed by atoms with Crippen LogP contribution in [0.2, 0.25) is 5.02 Å². The van der Waals surface area contributed by atoms with Gasteiger partial charge in [0.05, 0.1) is 10.5 Å². The Labute approximate surface area is 164 Å². The average Bonchev–Trinajstić information content (AvgIpc) is 2.70. The molecule has 0 saturated carbocycles. The van der Waals surface area contributed by atoms with Crippen LogP contribution in [0.3, 0.4) is 0 Å². The second-order valence-corrected chi connectivity index (χ2v) is 5.87.